The fourth-order valence-electron chi connectivity index (χ4n) is 1.77. The quantitative estimate of drug-likeness (QED) is 0.649. The van der Waals surface area contributed by atoms with E-state index in [2.05, 4.69) is 0 Å². The van der Waals surface area contributed by atoms with Gasteiger partial charge < -0.3 is 14.9 Å². The second-order valence-electron chi connectivity index (χ2n) is 3.97. The number of benzene rings is 2. The van der Waals surface area contributed by atoms with Crippen molar-refractivity contribution in [2.75, 3.05) is 0 Å². The summed E-state index contributed by atoms with van der Waals surface area (Å²) in [7, 11) is 0. The summed E-state index contributed by atoms with van der Waals surface area (Å²) in [5.41, 5.74) is 1.40. The number of rotatable bonds is 4. The summed E-state index contributed by atoms with van der Waals surface area (Å²) in [6.07, 6.45) is 0. The fraction of sp³-hybridized carbons (Fsp3) is 0.133. The van der Waals surface area contributed by atoms with E-state index in [0.29, 0.717) is 16.7 Å². The molecule has 2 aromatic carbocycles. The van der Waals surface area contributed by atoms with E-state index < -0.39 is 5.97 Å². The molecule has 0 aliphatic carbocycles. The summed E-state index contributed by atoms with van der Waals surface area (Å²) in [5.74, 6) is -0.228. The van der Waals surface area contributed by atoms with E-state index in [1.54, 1.807) is 42.5 Å². The van der Waals surface area contributed by atoms with E-state index in [0.717, 1.165) is 0 Å². The molecule has 98 valence electrons. The molecule has 0 heterocycles. The van der Waals surface area contributed by atoms with Crippen LogP contribution < -0.4 is 4.74 Å². The number of carbonyl (C=O) groups excluding carboxylic acids is 1. The minimum atomic E-state index is -0.495. The number of esters is 1. The standard InChI is InChI=1S/C15H14O4/c16-9-12-7-4-8-14(13(12)10-17)19-15(18)11-5-2-1-3-6-11/h1-8,16-17H,9-10H2. The Hall–Kier alpha value is -2.17. The summed E-state index contributed by atoms with van der Waals surface area (Å²) in [6.45, 7) is -0.513. The highest BCUT2D eigenvalue weighted by Crippen LogP contribution is 2.23. The SMILES string of the molecule is O=C(Oc1cccc(CO)c1CO)c1ccccc1. The lowest BCUT2D eigenvalue weighted by Gasteiger charge is -2.11. The highest BCUT2D eigenvalue weighted by molar-refractivity contribution is 5.91. The fourth-order valence-corrected chi connectivity index (χ4v) is 1.77. The molecule has 4 nitrogen and oxygen atoms in total. The van der Waals surface area contributed by atoms with Gasteiger partial charge >= 0.3 is 5.97 Å². The normalized spacial score (nSPS) is 10.2. The van der Waals surface area contributed by atoms with Crippen molar-refractivity contribution in [2.45, 2.75) is 13.2 Å². The Morgan fingerprint density at radius 2 is 1.68 bits per heavy atom. The number of hydrogen-bond donors (Lipinski definition) is 2. The van der Waals surface area contributed by atoms with Gasteiger partial charge in [-0.05, 0) is 23.8 Å². The van der Waals surface area contributed by atoms with Crippen molar-refractivity contribution >= 4 is 5.97 Å². The van der Waals surface area contributed by atoms with Crippen LogP contribution in [0.4, 0.5) is 0 Å². The minimum Gasteiger partial charge on any atom is -0.423 e. The van der Waals surface area contributed by atoms with Crippen LogP contribution in [-0.2, 0) is 13.2 Å². The maximum atomic E-state index is 11.9. The summed E-state index contributed by atoms with van der Waals surface area (Å²) < 4.78 is 5.25. The lowest BCUT2D eigenvalue weighted by atomic mass is 10.1. The van der Waals surface area contributed by atoms with Crippen LogP contribution in [0.2, 0.25) is 0 Å². The first-order valence-corrected chi connectivity index (χ1v) is 5.86. The van der Waals surface area contributed by atoms with Crippen LogP contribution in [-0.4, -0.2) is 16.2 Å². The third kappa shape index (κ3) is 2.99. The first kappa shape index (κ1) is 13.3. The third-order valence-electron chi connectivity index (χ3n) is 2.77. The Morgan fingerprint density at radius 3 is 2.32 bits per heavy atom. The molecule has 0 bridgehead atoms. The van der Waals surface area contributed by atoms with Gasteiger partial charge in [0.25, 0.3) is 0 Å². The highest BCUT2D eigenvalue weighted by atomic mass is 16.5. The van der Waals surface area contributed by atoms with Crippen molar-refractivity contribution in [1.82, 2.24) is 0 Å². The van der Waals surface area contributed by atoms with Crippen LogP contribution in [0.3, 0.4) is 0 Å². The van der Waals surface area contributed by atoms with Crippen molar-refractivity contribution in [3.63, 3.8) is 0 Å². The van der Waals surface area contributed by atoms with Gasteiger partial charge in [-0.2, -0.15) is 0 Å². The van der Waals surface area contributed by atoms with Crippen molar-refractivity contribution in [3.05, 3.63) is 65.2 Å². The zero-order valence-corrected chi connectivity index (χ0v) is 10.2. The Balaban J connectivity index is 2.26. The van der Waals surface area contributed by atoms with E-state index in [1.807, 2.05) is 6.07 Å². The molecule has 0 unspecified atom stereocenters. The Morgan fingerprint density at radius 1 is 0.947 bits per heavy atom. The van der Waals surface area contributed by atoms with Gasteiger partial charge in [0.1, 0.15) is 5.75 Å². The van der Waals surface area contributed by atoms with Gasteiger partial charge in [-0.3, -0.25) is 0 Å². The third-order valence-corrected chi connectivity index (χ3v) is 2.77. The predicted octanol–water partition coefficient (Wildman–Crippen LogP) is 1.89. The number of carbonyl (C=O) groups is 1. The van der Waals surface area contributed by atoms with Gasteiger partial charge in [0.15, 0.2) is 0 Å². The predicted molar refractivity (Wildman–Crippen MR) is 69.7 cm³/mol. The van der Waals surface area contributed by atoms with Crippen molar-refractivity contribution in [2.24, 2.45) is 0 Å². The molecule has 0 aliphatic heterocycles. The van der Waals surface area contributed by atoms with Gasteiger partial charge in [0.2, 0.25) is 0 Å². The zero-order valence-electron chi connectivity index (χ0n) is 10.2. The van der Waals surface area contributed by atoms with E-state index in [4.69, 9.17) is 4.74 Å². The van der Waals surface area contributed by atoms with Crippen LogP contribution in [0.15, 0.2) is 48.5 Å². The second-order valence-corrected chi connectivity index (χ2v) is 3.97. The van der Waals surface area contributed by atoms with Crippen molar-refractivity contribution < 1.29 is 19.7 Å². The molecule has 0 spiro atoms. The smallest absolute Gasteiger partial charge is 0.343 e. The minimum absolute atomic E-state index is 0.216. The molecule has 2 rings (SSSR count). The average Bonchev–Trinajstić information content (AvgIpc) is 2.47. The molecule has 2 aromatic rings. The Labute approximate surface area is 110 Å². The van der Waals surface area contributed by atoms with Crippen molar-refractivity contribution in [1.29, 1.82) is 0 Å². The van der Waals surface area contributed by atoms with Crippen LogP contribution in [0.25, 0.3) is 0 Å². The number of aliphatic hydroxyl groups excluding tert-OH is 2. The molecule has 0 radical (unpaired) electrons. The maximum Gasteiger partial charge on any atom is 0.343 e. The lowest BCUT2D eigenvalue weighted by molar-refractivity contribution is 0.0730. The maximum absolute atomic E-state index is 11.9. The van der Waals surface area contributed by atoms with Crippen LogP contribution >= 0.6 is 0 Å². The highest BCUT2D eigenvalue weighted by Gasteiger charge is 2.13. The van der Waals surface area contributed by atoms with Gasteiger partial charge in [-0.25, -0.2) is 4.79 Å². The zero-order chi connectivity index (χ0) is 13.7. The van der Waals surface area contributed by atoms with E-state index >= 15 is 0 Å². The molecule has 2 N–H and O–H groups in total. The van der Waals surface area contributed by atoms with Crippen molar-refractivity contribution in [3.8, 4) is 5.75 Å². The Bertz CT molecular complexity index is 564. The van der Waals surface area contributed by atoms with Gasteiger partial charge in [0, 0.05) is 5.56 Å². The van der Waals surface area contributed by atoms with E-state index in [1.165, 1.54) is 0 Å². The molecule has 19 heavy (non-hydrogen) atoms. The number of hydrogen-bond acceptors (Lipinski definition) is 4. The molecule has 0 amide bonds. The Kier molecular flexibility index (Phi) is 4.28. The first-order chi connectivity index (χ1) is 9.26. The monoisotopic (exact) mass is 258 g/mol. The molecular weight excluding hydrogens is 244 g/mol. The average molecular weight is 258 g/mol. The van der Waals surface area contributed by atoms with Gasteiger partial charge in [-0.15, -0.1) is 0 Å². The van der Waals surface area contributed by atoms with E-state index in [-0.39, 0.29) is 19.0 Å². The summed E-state index contributed by atoms with van der Waals surface area (Å²) in [6, 6.07) is 13.5. The largest absolute Gasteiger partial charge is 0.423 e. The molecule has 0 aliphatic rings. The summed E-state index contributed by atoms with van der Waals surface area (Å²) in [4.78, 5) is 11.9. The van der Waals surface area contributed by atoms with Crippen LogP contribution in [0, 0.1) is 0 Å². The molecule has 0 saturated carbocycles. The molecular formula is C15H14O4. The molecule has 0 aromatic heterocycles. The van der Waals surface area contributed by atoms with E-state index in [9.17, 15) is 15.0 Å². The first-order valence-electron chi connectivity index (χ1n) is 5.86. The molecule has 0 atom stereocenters. The molecule has 0 fully saturated rings. The lowest BCUT2D eigenvalue weighted by Crippen LogP contribution is -2.10. The van der Waals surface area contributed by atoms with Crippen LogP contribution in [0.1, 0.15) is 21.5 Å². The molecule has 0 saturated heterocycles. The molecule has 4 heteroatoms. The number of aliphatic hydroxyl groups is 2. The van der Waals surface area contributed by atoms with Gasteiger partial charge in [-0.1, -0.05) is 30.3 Å². The van der Waals surface area contributed by atoms with Crippen LogP contribution in [0.5, 0.6) is 5.75 Å². The summed E-state index contributed by atoms with van der Waals surface area (Å²) in [5, 5.41) is 18.5. The number of ether oxygens (including phenoxy) is 1. The summed E-state index contributed by atoms with van der Waals surface area (Å²) >= 11 is 0. The van der Waals surface area contributed by atoms with Gasteiger partial charge in [0.05, 0.1) is 18.8 Å². The topological polar surface area (TPSA) is 66.8 Å². The second kappa shape index (κ2) is 6.13.